The van der Waals surface area contributed by atoms with Crippen molar-refractivity contribution in [2.45, 2.75) is 34.1 Å². The molecule has 0 atom stereocenters. The predicted octanol–water partition coefficient (Wildman–Crippen LogP) is 5.91. The normalized spacial score (nSPS) is 10.8. The second kappa shape index (κ2) is 14.9. The van der Waals surface area contributed by atoms with Crippen LogP contribution in [0.4, 0.5) is 5.13 Å². The molecule has 0 saturated heterocycles. The van der Waals surface area contributed by atoms with Gasteiger partial charge < -0.3 is 23.8 Å². The number of carbonyl (C=O) groups excluding carboxylic acids is 1. The number of fused-ring (bicyclic) bond motifs is 1. The number of amides is 1. The molecule has 1 aromatic heterocycles. The van der Waals surface area contributed by atoms with E-state index in [4.69, 9.17) is 23.9 Å². The molecule has 0 saturated carbocycles. The van der Waals surface area contributed by atoms with Crippen LogP contribution in [0.5, 0.6) is 23.0 Å². The van der Waals surface area contributed by atoms with E-state index in [9.17, 15) is 4.79 Å². The predicted molar refractivity (Wildman–Crippen MR) is 153 cm³/mol. The van der Waals surface area contributed by atoms with Crippen molar-refractivity contribution < 1.29 is 23.7 Å². The fraction of sp³-hybridized carbons (Fsp3) is 0.481. The number of ether oxygens (including phenoxy) is 4. The highest BCUT2D eigenvalue weighted by molar-refractivity contribution is 7.22. The van der Waals surface area contributed by atoms with Gasteiger partial charge in [-0.15, -0.1) is 12.4 Å². The van der Waals surface area contributed by atoms with E-state index >= 15 is 0 Å². The lowest BCUT2D eigenvalue weighted by atomic mass is 10.1. The van der Waals surface area contributed by atoms with Crippen LogP contribution in [0.15, 0.2) is 30.3 Å². The smallest absolute Gasteiger partial charge is 0.260 e. The van der Waals surface area contributed by atoms with Crippen molar-refractivity contribution in [2.24, 2.45) is 0 Å². The van der Waals surface area contributed by atoms with Gasteiger partial charge in [-0.1, -0.05) is 17.4 Å². The van der Waals surface area contributed by atoms with Gasteiger partial charge in [0.1, 0.15) is 11.3 Å². The van der Waals surface area contributed by atoms with E-state index in [2.05, 4.69) is 4.90 Å². The Morgan fingerprint density at radius 3 is 2.03 bits per heavy atom. The van der Waals surface area contributed by atoms with E-state index in [0.717, 1.165) is 28.9 Å². The molecule has 0 radical (unpaired) electrons. The lowest BCUT2D eigenvalue weighted by Gasteiger charge is -2.22. The molecule has 0 aliphatic rings. The average Bonchev–Trinajstić information content (AvgIpc) is 3.28. The van der Waals surface area contributed by atoms with E-state index in [-0.39, 0.29) is 18.3 Å². The minimum Gasteiger partial charge on any atom is -0.492 e. The number of halogens is 1. The van der Waals surface area contributed by atoms with Crippen molar-refractivity contribution >= 4 is 45.0 Å². The number of para-hydroxylation sites is 1. The SMILES string of the molecule is CCOc1cc(C(=O)N(CCCN(C)C)c2nc3c(OCC)cccc3s2)cc(OCC)c1OCC.Cl. The van der Waals surface area contributed by atoms with Crippen LogP contribution in [-0.4, -0.2) is 69.4 Å². The molecule has 8 nitrogen and oxygen atoms in total. The lowest BCUT2D eigenvalue weighted by molar-refractivity contribution is 0.0985. The first-order chi connectivity index (χ1) is 17.4. The van der Waals surface area contributed by atoms with Crippen molar-refractivity contribution in [2.75, 3.05) is 58.5 Å². The molecule has 0 N–H and O–H groups in total. The summed E-state index contributed by atoms with van der Waals surface area (Å²) in [5.74, 6) is 2.04. The summed E-state index contributed by atoms with van der Waals surface area (Å²) >= 11 is 1.48. The molecular weight excluding hydrogens is 514 g/mol. The van der Waals surface area contributed by atoms with Crippen molar-refractivity contribution in [3.8, 4) is 23.0 Å². The molecule has 0 bridgehead atoms. The monoisotopic (exact) mass is 551 g/mol. The Hall–Kier alpha value is -2.75. The molecule has 0 aliphatic carbocycles. The second-order valence-electron chi connectivity index (χ2n) is 8.25. The fourth-order valence-electron chi connectivity index (χ4n) is 3.80. The number of aromatic nitrogens is 1. The third-order valence-corrected chi connectivity index (χ3v) is 6.33. The number of nitrogens with zero attached hydrogens (tertiary/aromatic N) is 3. The molecule has 0 aliphatic heterocycles. The van der Waals surface area contributed by atoms with Gasteiger partial charge in [-0.05, 0) is 79.0 Å². The lowest BCUT2D eigenvalue weighted by Crippen LogP contribution is -2.33. The molecule has 3 rings (SSSR count). The van der Waals surface area contributed by atoms with Crippen LogP contribution in [0.3, 0.4) is 0 Å². The van der Waals surface area contributed by atoms with Gasteiger partial charge in [-0.2, -0.15) is 0 Å². The molecule has 1 heterocycles. The van der Waals surface area contributed by atoms with Gasteiger partial charge in [0.15, 0.2) is 16.6 Å². The molecule has 1 amide bonds. The quantitative estimate of drug-likeness (QED) is 0.246. The summed E-state index contributed by atoms with van der Waals surface area (Å²) in [6.45, 7) is 10.9. The van der Waals surface area contributed by atoms with Gasteiger partial charge in [-0.3, -0.25) is 9.69 Å². The highest BCUT2D eigenvalue weighted by Gasteiger charge is 2.25. The van der Waals surface area contributed by atoms with E-state index in [0.29, 0.717) is 60.9 Å². The maximum absolute atomic E-state index is 14.0. The minimum absolute atomic E-state index is 0. The average molecular weight is 552 g/mol. The van der Waals surface area contributed by atoms with E-state index in [1.807, 2.05) is 60.0 Å². The summed E-state index contributed by atoms with van der Waals surface area (Å²) in [7, 11) is 4.04. The molecular formula is C27H38ClN3O5S. The van der Waals surface area contributed by atoms with E-state index in [1.54, 1.807) is 17.0 Å². The van der Waals surface area contributed by atoms with Crippen LogP contribution in [0, 0.1) is 0 Å². The van der Waals surface area contributed by atoms with Crippen LogP contribution in [-0.2, 0) is 0 Å². The minimum atomic E-state index is -0.171. The van der Waals surface area contributed by atoms with Crippen LogP contribution in [0.2, 0.25) is 0 Å². The first kappa shape index (κ1) is 30.5. The Labute approximate surface area is 229 Å². The van der Waals surface area contributed by atoms with Crippen molar-refractivity contribution in [3.63, 3.8) is 0 Å². The Bertz CT molecular complexity index is 1130. The zero-order valence-corrected chi connectivity index (χ0v) is 24.2. The summed E-state index contributed by atoms with van der Waals surface area (Å²) in [4.78, 5) is 22.7. The van der Waals surface area contributed by atoms with E-state index in [1.165, 1.54) is 11.3 Å². The van der Waals surface area contributed by atoms with Crippen molar-refractivity contribution in [1.29, 1.82) is 0 Å². The zero-order valence-electron chi connectivity index (χ0n) is 22.5. The Morgan fingerprint density at radius 1 is 0.865 bits per heavy atom. The van der Waals surface area contributed by atoms with Crippen molar-refractivity contribution in [3.05, 3.63) is 35.9 Å². The Kier molecular flexibility index (Phi) is 12.2. The van der Waals surface area contributed by atoms with Gasteiger partial charge in [-0.25, -0.2) is 4.98 Å². The summed E-state index contributed by atoms with van der Waals surface area (Å²) in [6, 6.07) is 9.32. The standard InChI is InChI=1S/C27H37N3O5S.ClH/c1-7-32-20-13-11-14-23-24(20)28-27(36-23)30(16-12-15-29(5)6)26(31)19-17-21(33-8-2)25(35-10-4)22(18-19)34-9-3;/h11,13-14,17-18H,7-10,12,15-16H2,1-6H3;1H. The van der Waals surface area contributed by atoms with Gasteiger partial charge in [0.25, 0.3) is 5.91 Å². The third kappa shape index (κ3) is 7.63. The largest absolute Gasteiger partial charge is 0.492 e. The zero-order chi connectivity index (χ0) is 26.1. The number of hydrogen-bond acceptors (Lipinski definition) is 8. The molecule has 0 unspecified atom stereocenters. The van der Waals surface area contributed by atoms with Gasteiger partial charge >= 0.3 is 0 Å². The van der Waals surface area contributed by atoms with Crippen LogP contribution in [0.1, 0.15) is 44.5 Å². The molecule has 3 aromatic rings. The molecule has 37 heavy (non-hydrogen) atoms. The Balaban J connectivity index is 0.00000481. The van der Waals surface area contributed by atoms with E-state index < -0.39 is 0 Å². The highest BCUT2D eigenvalue weighted by Crippen LogP contribution is 2.40. The number of thiazole rings is 1. The molecule has 0 fully saturated rings. The maximum atomic E-state index is 14.0. The molecule has 0 spiro atoms. The molecule has 204 valence electrons. The second-order valence-corrected chi connectivity index (χ2v) is 9.26. The number of carbonyl (C=O) groups is 1. The summed E-state index contributed by atoms with van der Waals surface area (Å²) in [6.07, 6.45) is 0.792. The summed E-state index contributed by atoms with van der Waals surface area (Å²) in [5, 5.41) is 0.630. The van der Waals surface area contributed by atoms with Crippen molar-refractivity contribution in [1.82, 2.24) is 9.88 Å². The van der Waals surface area contributed by atoms with Crippen LogP contribution >= 0.6 is 23.7 Å². The molecule has 2 aromatic carbocycles. The number of hydrogen-bond donors (Lipinski definition) is 0. The fourth-order valence-corrected chi connectivity index (χ4v) is 4.80. The molecule has 10 heteroatoms. The number of rotatable bonds is 14. The highest BCUT2D eigenvalue weighted by atomic mass is 35.5. The van der Waals surface area contributed by atoms with Gasteiger partial charge in [0.2, 0.25) is 5.75 Å². The maximum Gasteiger partial charge on any atom is 0.260 e. The number of anilines is 1. The van der Waals surface area contributed by atoms with Gasteiger partial charge in [0, 0.05) is 12.1 Å². The first-order valence-electron chi connectivity index (χ1n) is 12.5. The van der Waals surface area contributed by atoms with Crippen LogP contribution < -0.4 is 23.8 Å². The summed E-state index contributed by atoms with van der Waals surface area (Å²) in [5.41, 5.74) is 1.22. The van der Waals surface area contributed by atoms with Gasteiger partial charge in [0.05, 0.1) is 31.1 Å². The van der Waals surface area contributed by atoms with Crippen LogP contribution in [0.25, 0.3) is 10.2 Å². The number of benzene rings is 2. The first-order valence-corrected chi connectivity index (χ1v) is 13.3. The topological polar surface area (TPSA) is 73.4 Å². The third-order valence-electron chi connectivity index (χ3n) is 5.29. The summed E-state index contributed by atoms with van der Waals surface area (Å²) < 4.78 is 24.3. The Morgan fingerprint density at radius 2 is 1.46 bits per heavy atom.